The number of rotatable bonds is 5. The van der Waals surface area contributed by atoms with Gasteiger partial charge in [-0.25, -0.2) is 9.13 Å². The smallest absolute Gasteiger partial charge is 0.387 e. The number of phosphoric acid groups is 2. The molecule has 1 fully saturated rings. The Balaban J connectivity index is 2.76. The van der Waals surface area contributed by atoms with Crippen molar-refractivity contribution in [3.8, 4) is 0 Å². The predicted octanol–water partition coefficient (Wildman–Crippen LogP) is -2.99. The van der Waals surface area contributed by atoms with Gasteiger partial charge in [0.25, 0.3) is 0 Å². The van der Waals surface area contributed by atoms with Crippen molar-refractivity contribution >= 4 is 15.6 Å². The Bertz CT molecular complexity index is 412. The van der Waals surface area contributed by atoms with Gasteiger partial charge in [-0.1, -0.05) is 0 Å². The van der Waals surface area contributed by atoms with Crippen LogP contribution in [0.1, 0.15) is 0 Å². The van der Waals surface area contributed by atoms with E-state index in [2.05, 4.69) is 9.05 Å². The van der Waals surface area contributed by atoms with Gasteiger partial charge in [-0.05, 0) is 0 Å². The average molecular weight is 340 g/mol. The van der Waals surface area contributed by atoms with Crippen LogP contribution in [0.2, 0.25) is 0 Å². The van der Waals surface area contributed by atoms with Crippen molar-refractivity contribution in [3.05, 3.63) is 0 Å². The van der Waals surface area contributed by atoms with Crippen LogP contribution in [0.15, 0.2) is 0 Å². The molecular weight excluding hydrogens is 326 g/mol. The largest absolute Gasteiger partial charge is 0.472 e. The average Bonchev–Trinajstić information content (AvgIpc) is 2.25. The predicted molar refractivity (Wildman–Crippen MR) is 57.8 cm³/mol. The highest BCUT2D eigenvalue weighted by Crippen LogP contribution is 2.41. The second-order valence-electron chi connectivity index (χ2n) is 3.90. The van der Waals surface area contributed by atoms with Gasteiger partial charge in [0.05, 0.1) is 6.61 Å². The molecule has 1 heterocycles. The summed E-state index contributed by atoms with van der Waals surface area (Å²) in [7, 11) is -9.95. The van der Waals surface area contributed by atoms with E-state index in [9.17, 15) is 24.4 Å². The Hall–Kier alpha value is 0.0600. The summed E-state index contributed by atoms with van der Waals surface area (Å²) in [6, 6.07) is 0. The number of aliphatic hydroxyl groups is 3. The number of phosphoric ester groups is 2. The quantitative estimate of drug-likeness (QED) is 0.250. The van der Waals surface area contributed by atoms with Gasteiger partial charge in [-0.2, -0.15) is 0 Å². The molecule has 0 aromatic heterocycles. The first-order valence-electron chi connectivity index (χ1n) is 5.04. The minimum atomic E-state index is -5.07. The molecule has 0 bridgehead atoms. The molecular formula is C6H14O12P2. The highest BCUT2D eigenvalue weighted by Gasteiger charge is 2.47. The van der Waals surface area contributed by atoms with Crippen molar-refractivity contribution in [2.75, 3.05) is 6.61 Å². The Morgan fingerprint density at radius 2 is 1.45 bits per heavy atom. The molecule has 0 spiro atoms. The fourth-order valence-corrected chi connectivity index (χ4v) is 2.23. The number of aliphatic hydroxyl groups excluding tert-OH is 3. The summed E-state index contributed by atoms with van der Waals surface area (Å²) in [5.41, 5.74) is 0. The van der Waals surface area contributed by atoms with Crippen LogP contribution in [0.25, 0.3) is 0 Å². The summed E-state index contributed by atoms with van der Waals surface area (Å²) >= 11 is 0. The lowest BCUT2D eigenvalue weighted by Gasteiger charge is -2.39. The lowest BCUT2D eigenvalue weighted by Crippen LogP contribution is -2.59. The standard InChI is InChI=1S/C6H14O12P2/c7-3-2(1-16-19(10,11)12)17-6(5(9)4(3)8)18-20(13,14)15/h2-9H,1H2,(H2,10,11,12)(H2,13,14,15)/t2-,3-,4+,5-,6+/m0/s1. The number of hydrogen-bond donors (Lipinski definition) is 7. The van der Waals surface area contributed by atoms with E-state index in [1.165, 1.54) is 0 Å². The van der Waals surface area contributed by atoms with Crippen LogP contribution in [0.3, 0.4) is 0 Å². The molecule has 12 nitrogen and oxygen atoms in total. The SMILES string of the molecule is O=P(O)(O)OC[C@@H]1O[C@H](OP(=O)(O)O)[C@@H](O)[C@H](O)[C@H]1O. The summed E-state index contributed by atoms with van der Waals surface area (Å²) in [5.74, 6) is 0. The molecule has 1 aliphatic rings. The molecule has 14 heteroatoms. The van der Waals surface area contributed by atoms with Crippen molar-refractivity contribution < 1.29 is 57.8 Å². The minimum Gasteiger partial charge on any atom is -0.387 e. The van der Waals surface area contributed by atoms with Crippen molar-refractivity contribution in [1.29, 1.82) is 0 Å². The summed E-state index contributed by atoms with van der Waals surface area (Å²) < 4.78 is 33.9. The van der Waals surface area contributed by atoms with E-state index in [1.807, 2.05) is 0 Å². The van der Waals surface area contributed by atoms with Crippen molar-refractivity contribution in [3.63, 3.8) is 0 Å². The highest BCUT2D eigenvalue weighted by atomic mass is 31.2. The molecule has 5 atom stereocenters. The van der Waals surface area contributed by atoms with E-state index in [4.69, 9.17) is 24.3 Å². The molecule has 0 radical (unpaired) electrons. The first-order valence-corrected chi connectivity index (χ1v) is 8.10. The number of hydrogen-bond acceptors (Lipinski definition) is 8. The van der Waals surface area contributed by atoms with Gasteiger partial charge in [0.1, 0.15) is 24.4 Å². The zero-order valence-corrected chi connectivity index (χ0v) is 11.4. The van der Waals surface area contributed by atoms with E-state index in [1.54, 1.807) is 0 Å². The van der Waals surface area contributed by atoms with Gasteiger partial charge >= 0.3 is 15.6 Å². The van der Waals surface area contributed by atoms with Gasteiger partial charge in [0.2, 0.25) is 0 Å². The molecule has 0 aromatic rings. The third-order valence-electron chi connectivity index (χ3n) is 2.32. The van der Waals surface area contributed by atoms with E-state index >= 15 is 0 Å². The maximum Gasteiger partial charge on any atom is 0.472 e. The lowest BCUT2D eigenvalue weighted by molar-refractivity contribution is -0.279. The second kappa shape index (κ2) is 6.44. The molecule has 20 heavy (non-hydrogen) atoms. The van der Waals surface area contributed by atoms with E-state index in [-0.39, 0.29) is 0 Å². The third-order valence-corrected chi connectivity index (χ3v) is 3.28. The normalized spacial score (nSPS) is 36.0. The summed E-state index contributed by atoms with van der Waals surface area (Å²) in [5, 5.41) is 28.4. The van der Waals surface area contributed by atoms with Crippen LogP contribution in [0.5, 0.6) is 0 Å². The molecule has 0 aliphatic carbocycles. The Kier molecular flexibility index (Phi) is 5.83. The molecule has 120 valence electrons. The Morgan fingerprint density at radius 1 is 0.900 bits per heavy atom. The fourth-order valence-electron chi connectivity index (χ4n) is 1.45. The maximum absolute atomic E-state index is 10.6. The van der Waals surface area contributed by atoms with E-state index < -0.39 is 53.0 Å². The highest BCUT2D eigenvalue weighted by molar-refractivity contribution is 7.46. The molecule has 1 rings (SSSR count). The second-order valence-corrected chi connectivity index (χ2v) is 6.33. The summed E-state index contributed by atoms with van der Waals surface area (Å²) in [6.45, 7) is -0.907. The molecule has 0 saturated carbocycles. The molecule has 0 unspecified atom stereocenters. The monoisotopic (exact) mass is 340 g/mol. The van der Waals surface area contributed by atoms with Gasteiger partial charge in [-0.3, -0.25) is 9.05 Å². The van der Waals surface area contributed by atoms with Gasteiger partial charge in [0.15, 0.2) is 6.29 Å². The summed E-state index contributed by atoms with van der Waals surface area (Å²) in [4.78, 5) is 34.1. The van der Waals surface area contributed by atoms with Gasteiger partial charge < -0.3 is 39.6 Å². The maximum atomic E-state index is 10.6. The van der Waals surface area contributed by atoms with Crippen LogP contribution in [0.4, 0.5) is 0 Å². The van der Waals surface area contributed by atoms with Crippen LogP contribution < -0.4 is 0 Å². The molecule has 1 aliphatic heterocycles. The van der Waals surface area contributed by atoms with Crippen molar-refractivity contribution in [1.82, 2.24) is 0 Å². The van der Waals surface area contributed by atoms with Crippen molar-refractivity contribution in [2.24, 2.45) is 0 Å². The topological polar surface area (TPSA) is 203 Å². The molecule has 1 saturated heterocycles. The van der Waals surface area contributed by atoms with Crippen LogP contribution in [-0.4, -0.2) is 72.2 Å². The summed E-state index contributed by atoms with van der Waals surface area (Å²) in [6.07, 6.45) is -9.32. The van der Waals surface area contributed by atoms with E-state index in [0.29, 0.717) is 0 Å². The van der Waals surface area contributed by atoms with Crippen molar-refractivity contribution in [2.45, 2.75) is 30.7 Å². The van der Waals surface area contributed by atoms with Gasteiger partial charge in [0, 0.05) is 0 Å². The van der Waals surface area contributed by atoms with Crippen LogP contribution in [-0.2, 0) is 22.9 Å². The van der Waals surface area contributed by atoms with Gasteiger partial charge in [-0.15, -0.1) is 0 Å². The first-order chi connectivity index (χ1) is 8.91. The lowest BCUT2D eigenvalue weighted by atomic mass is 10.00. The Labute approximate surface area is 112 Å². The number of ether oxygens (including phenoxy) is 1. The molecule has 0 aromatic carbocycles. The van der Waals surface area contributed by atoms with Crippen LogP contribution >= 0.6 is 15.6 Å². The fraction of sp³-hybridized carbons (Fsp3) is 1.00. The first kappa shape index (κ1) is 18.1. The zero-order valence-electron chi connectivity index (χ0n) is 9.66. The van der Waals surface area contributed by atoms with E-state index in [0.717, 1.165) is 0 Å². The third kappa shape index (κ3) is 5.45. The zero-order chi connectivity index (χ0) is 15.7. The van der Waals surface area contributed by atoms with Crippen LogP contribution in [0, 0.1) is 0 Å². The molecule has 7 N–H and O–H groups in total. The molecule has 0 amide bonds. The Morgan fingerprint density at radius 3 is 1.90 bits per heavy atom. The minimum absolute atomic E-state index is 0.907.